The number of nitrogens with one attached hydrogen (secondary N) is 1. The summed E-state index contributed by atoms with van der Waals surface area (Å²) in [5.41, 5.74) is 0. The summed E-state index contributed by atoms with van der Waals surface area (Å²) in [6.45, 7) is -0.142. The summed E-state index contributed by atoms with van der Waals surface area (Å²) in [5.74, 6) is 0.247. The highest BCUT2D eigenvalue weighted by molar-refractivity contribution is 9.11. The molecule has 0 bridgehead atoms. The Morgan fingerprint density at radius 1 is 1.37 bits per heavy atom. The van der Waals surface area contributed by atoms with Gasteiger partial charge in [-0.3, -0.25) is 0 Å². The lowest BCUT2D eigenvalue weighted by molar-refractivity contribution is 0.187. The molecule has 108 valence electrons. The van der Waals surface area contributed by atoms with E-state index in [1.807, 2.05) is 0 Å². The smallest absolute Gasteiger partial charge is 0.250 e. The first-order valence-electron chi connectivity index (χ1n) is 6.41. The third kappa shape index (κ3) is 4.01. The van der Waals surface area contributed by atoms with Gasteiger partial charge in [0.25, 0.3) is 0 Å². The number of sulfonamides is 1. The van der Waals surface area contributed by atoms with Gasteiger partial charge in [0.05, 0.1) is 10.4 Å². The van der Waals surface area contributed by atoms with Crippen molar-refractivity contribution in [1.82, 2.24) is 4.72 Å². The first-order chi connectivity index (χ1) is 9.03. The fourth-order valence-electron chi connectivity index (χ4n) is 2.52. The fourth-order valence-corrected chi connectivity index (χ4v) is 5.84. The summed E-state index contributed by atoms with van der Waals surface area (Å²) < 4.78 is 28.2. The van der Waals surface area contributed by atoms with Crippen LogP contribution in [-0.4, -0.2) is 26.2 Å². The van der Waals surface area contributed by atoms with Crippen LogP contribution in [0.4, 0.5) is 0 Å². The number of halogens is 1. The zero-order chi connectivity index (χ0) is 13.9. The van der Waals surface area contributed by atoms with Crippen LogP contribution in [0.3, 0.4) is 0 Å². The zero-order valence-electron chi connectivity index (χ0n) is 10.5. The molecule has 1 aliphatic rings. The molecule has 19 heavy (non-hydrogen) atoms. The second-order valence-corrected chi connectivity index (χ2v) is 9.27. The predicted molar refractivity (Wildman–Crippen MR) is 79.8 cm³/mol. The quantitative estimate of drug-likeness (QED) is 0.840. The van der Waals surface area contributed by atoms with E-state index in [1.165, 1.54) is 17.8 Å². The second-order valence-electron chi connectivity index (χ2n) is 4.87. The largest absolute Gasteiger partial charge is 0.395 e. The topological polar surface area (TPSA) is 66.4 Å². The first kappa shape index (κ1) is 15.4. The van der Waals surface area contributed by atoms with Crippen LogP contribution in [0.5, 0.6) is 0 Å². The molecule has 0 aliphatic heterocycles. The molecule has 0 amide bonds. The third-order valence-electron chi connectivity index (χ3n) is 3.54. The molecular formula is C12H18BrNO3S2. The minimum Gasteiger partial charge on any atom is -0.395 e. The standard InChI is InChI=1S/C12H18BrNO3S2/c13-11-6-7-12(18-11)19(16,17)14-10(8-15)9-4-2-1-3-5-9/h6-7,9-10,14-15H,1-5,8H2/t10-/m0/s1. The molecule has 1 aliphatic carbocycles. The third-order valence-corrected chi connectivity index (χ3v) is 7.14. The Bertz CT molecular complexity index is 509. The Kier molecular flexibility index (Phi) is 5.42. The van der Waals surface area contributed by atoms with Crippen molar-refractivity contribution in [3.63, 3.8) is 0 Å². The van der Waals surface area contributed by atoms with E-state index in [0.717, 1.165) is 29.5 Å². The monoisotopic (exact) mass is 367 g/mol. The van der Waals surface area contributed by atoms with Crippen LogP contribution < -0.4 is 4.72 Å². The number of thiophene rings is 1. The normalized spacial score (nSPS) is 19.5. The minimum absolute atomic E-state index is 0.142. The maximum absolute atomic E-state index is 12.2. The molecule has 2 rings (SSSR count). The van der Waals surface area contributed by atoms with Crippen molar-refractivity contribution in [2.24, 2.45) is 5.92 Å². The molecule has 0 saturated heterocycles. The predicted octanol–water partition coefficient (Wildman–Crippen LogP) is 2.73. The summed E-state index contributed by atoms with van der Waals surface area (Å²) >= 11 is 4.44. The number of rotatable bonds is 5. The van der Waals surface area contributed by atoms with Gasteiger partial charge in [-0.2, -0.15) is 0 Å². The summed E-state index contributed by atoms with van der Waals surface area (Å²) in [6.07, 6.45) is 5.42. The van der Waals surface area contributed by atoms with Crippen molar-refractivity contribution in [3.05, 3.63) is 15.9 Å². The molecule has 2 N–H and O–H groups in total. The van der Waals surface area contributed by atoms with Crippen LogP contribution >= 0.6 is 27.3 Å². The molecule has 4 nitrogen and oxygen atoms in total. The molecule has 7 heteroatoms. The maximum atomic E-state index is 12.2. The number of hydrogen-bond acceptors (Lipinski definition) is 4. The van der Waals surface area contributed by atoms with Crippen molar-refractivity contribution < 1.29 is 13.5 Å². The molecular weight excluding hydrogens is 350 g/mol. The van der Waals surface area contributed by atoms with Gasteiger partial charge in [-0.1, -0.05) is 19.3 Å². The number of aliphatic hydroxyl groups excluding tert-OH is 1. The van der Waals surface area contributed by atoms with Gasteiger partial charge in [0.2, 0.25) is 10.0 Å². The lowest BCUT2D eigenvalue weighted by Crippen LogP contribution is -2.43. The molecule has 1 aromatic heterocycles. The van der Waals surface area contributed by atoms with Gasteiger partial charge in [-0.15, -0.1) is 11.3 Å². The van der Waals surface area contributed by atoms with Crippen molar-refractivity contribution in [3.8, 4) is 0 Å². The lowest BCUT2D eigenvalue weighted by atomic mass is 9.84. The summed E-state index contributed by atoms with van der Waals surface area (Å²) in [7, 11) is -3.52. The van der Waals surface area contributed by atoms with Crippen LogP contribution in [0.1, 0.15) is 32.1 Å². The Morgan fingerprint density at radius 2 is 2.05 bits per heavy atom. The first-order valence-corrected chi connectivity index (χ1v) is 9.51. The lowest BCUT2D eigenvalue weighted by Gasteiger charge is -2.29. The highest BCUT2D eigenvalue weighted by Crippen LogP contribution is 2.29. The average molecular weight is 368 g/mol. The highest BCUT2D eigenvalue weighted by atomic mass is 79.9. The van der Waals surface area contributed by atoms with Crippen molar-refractivity contribution >= 4 is 37.3 Å². The Hall–Kier alpha value is 0.0500. The van der Waals surface area contributed by atoms with Crippen molar-refractivity contribution in [1.29, 1.82) is 0 Å². The summed E-state index contributed by atoms with van der Waals surface area (Å²) in [6, 6.07) is 2.92. The van der Waals surface area contributed by atoms with Crippen molar-refractivity contribution in [2.75, 3.05) is 6.61 Å². The molecule has 0 aromatic carbocycles. The van der Waals surface area contributed by atoms with E-state index < -0.39 is 10.0 Å². The van der Waals surface area contributed by atoms with Gasteiger partial charge >= 0.3 is 0 Å². The molecule has 1 aromatic rings. The van der Waals surface area contributed by atoms with E-state index >= 15 is 0 Å². The van der Waals surface area contributed by atoms with E-state index in [0.29, 0.717) is 0 Å². The molecule has 0 spiro atoms. The van der Waals surface area contributed by atoms with Crippen LogP contribution in [0.25, 0.3) is 0 Å². The minimum atomic E-state index is -3.52. The van der Waals surface area contributed by atoms with E-state index in [4.69, 9.17) is 0 Å². The van der Waals surface area contributed by atoms with Gasteiger partial charge in [0, 0.05) is 6.04 Å². The zero-order valence-corrected chi connectivity index (χ0v) is 13.7. The van der Waals surface area contributed by atoms with Crippen LogP contribution in [-0.2, 0) is 10.0 Å². The number of hydrogen-bond donors (Lipinski definition) is 2. The Morgan fingerprint density at radius 3 is 2.58 bits per heavy atom. The maximum Gasteiger partial charge on any atom is 0.250 e. The molecule has 1 atom stereocenters. The Balaban J connectivity index is 2.08. The summed E-state index contributed by atoms with van der Waals surface area (Å²) in [4.78, 5) is 0. The molecule has 0 unspecified atom stereocenters. The van der Waals surface area contributed by atoms with E-state index in [-0.39, 0.29) is 22.8 Å². The van der Waals surface area contributed by atoms with E-state index in [9.17, 15) is 13.5 Å². The van der Waals surface area contributed by atoms with Gasteiger partial charge in [-0.25, -0.2) is 13.1 Å². The van der Waals surface area contributed by atoms with Gasteiger partial charge in [0.15, 0.2) is 0 Å². The average Bonchev–Trinajstić information content (AvgIpc) is 2.85. The van der Waals surface area contributed by atoms with Gasteiger partial charge in [-0.05, 0) is 46.8 Å². The van der Waals surface area contributed by atoms with Crippen LogP contribution in [0, 0.1) is 5.92 Å². The molecule has 1 saturated carbocycles. The molecule has 0 radical (unpaired) electrons. The fraction of sp³-hybridized carbons (Fsp3) is 0.667. The SMILES string of the molecule is O=S(=O)(N[C@@H](CO)C1CCCCC1)c1ccc(Br)s1. The number of aliphatic hydroxyl groups is 1. The van der Waals surface area contributed by atoms with Gasteiger partial charge < -0.3 is 5.11 Å². The van der Waals surface area contributed by atoms with Crippen molar-refractivity contribution in [2.45, 2.75) is 42.4 Å². The van der Waals surface area contributed by atoms with Gasteiger partial charge in [0.1, 0.15) is 4.21 Å². The van der Waals surface area contributed by atoms with E-state index in [2.05, 4.69) is 20.7 Å². The van der Waals surface area contributed by atoms with Crippen LogP contribution in [0.2, 0.25) is 0 Å². The Labute approximate surface area is 126 Å². The molecule has 1 fully saturated rings. The molecule has 1 heterocycles. The highest BCUT2D eigenvalue weighted by Gasteiger charge is 2.28. The van der Waals surface area contributed by atoms with Crippen LogP contribution in [0.15, 0.2) is 20.1 Å². The van der Waals surface area contributed by atoms with E-state index in [1.54, 1.807) is 12.1 Å². The second kappa shape index (κ2) is 6.67. The summed E-state index contributed by atoms with van der Waals surface area (Å²) in [5, 5.41) is 9.46.